The first kappa shape index (κ1) is 15.2. The highest BCUT2D eigenvalue weighted by Crippen LogP contribution is 2.18. The van der Waals surface area contributed by atoms with Crippen LogP contribution in [0.25, 0.3) is 0 Å². The number of carbonyl (C=O) groups is 1. The van der Waals surface area contributed by atoms with Crippen molar-refractivity contribution in [2.75, 3.05) is 25.1 Å². The molecule has 114 valence electrons. The van der Waals surface area contributed by atoms with E-state index in [-0.39, 0.29) is 11.9 Å². The van der Waals surface area contributed by atoms with Crippen molar-refractivity contribution in [1.82, 2.24) is 4.90 Å². The Hall–Kier alpha value is -2.24. The predicted molar refractivity (Wildman–Crippen MR) is 82.6 cm³/mol. The van der Waals surface area contributed by atoms with Crippen LogP contribution in [0.5, 0.6) is 0 Å². The maximum absolute atomic E-state index is 11.7. The van der Waals surface area contributed by atoms with Crippen LogP contribution in [0, 0.1) is 5.92 Å². The summed E-state index contributed by atoms with van der Waals surface area (Å²) in [6.07, 6.45) is 1.50. The Balaban J connectivity index is 1.82. The highest BCUT2D eigenvalue weighted by molar-refractivity contribution is 5.79. The van der Waals surface area contributed by atoms with Crippen molar-refractivity contribution in [3.8, 4) is 0 Å². The third kappa shape index (κ3) is 4.37. The third-order valence-electron chi connectivity index (χ3n) is 3.51. The van der Waals surface area contributed by atoms with Crippen molar-refractivity contribution in [3.05, 3.63) is 30.3 Å². The Bertz CT molecular complexity index is 482. The number of rotatable bonds is 4. The summed E-state index contributed by atoms with van der Waals surface area (Å²) in [5.74, 6) is 0.326. The summed E-state index contributed by atoms with van der Waals surface area (Å²) in [5.41, 5.74) is 9.79. The van der Waals surface area contributed by atoms with Crippen molar-refractivity contribution in [2.45, 2.75) is 19.8 Å². The highest BCUT2D eigenvalue weighted by atomic mass is 16.5. The number of hydrazone groups is 1. The number of esters is 1. The predicted octanol–water partition coefficient (Wildman–Crippen LogP) is 1.60. The number of carbonyl (C=O) groups excluding carboxylic acids is 1. The zero-order chi connectivity index (χ0) is 15.1. The van der Waals surface area contributed by atoms with Gasteiger partial charge in [0.15, 0.2) is 0 Å². The number of benzene rings is 1. The lowest BCUT2D eigenvalue weighted by Crippen LogP contribution is -2.44. The minimum atomic E-state index is -0.102. The molecule has 1 aliphatic heterocycles. The van der Waals surface area contributed by atoms with Crippen LogP contribution in [0.3, 0.4) is 0 Å². The molecule has 1 fully saturated rings. The first-order valence-electron chi connectivity index (χ1n) is 7.26. The molecule has 6 heteroatoms. The Kier molecular flexibility index (Phi) is 5.43. The number of hydrogen-bond acceptors (Lipinski definition) is 4. The van der Waals surface area contributed by atoms with E-state index in [1.807, 2.05) is 42.2 Å². The van der Waals surface area contributed by atoms with Crippen molar-refractivity contribution < 1.29 is 9.53 Å². The van der Waals surface area contributed by atoms with E-state index in [1.54, 1.807) is 0 Å². The fourth-order valence-electron chi connectivity index (χ4n) is 2.31. The molecule has 0 amide bonds. The molecule has 1 aromatic carbocycles. The second-order valence-electron chi connectivity index (χ2n) is 4.96. The number of nitrogens with zero attached hydrogens (tertiary/aromatic N) is 2. The third-order valence-corrected chi connectivity index (χ3v) is 3.51. The summed E-state index contributed by atoms with van der Waals surface area (Å²) < 4.78 is 5.05. The number of nitrogens with one attached hydrogen (secondary N) is 1. The van der Waals surface area contributed by atoms with Gasteiger partial charge in [0.1, 0.15) is 0 Å². The highest BCUT2D eigenvalue weighted by Gasteiger charge is 2.26. The number of hydrogen-bond donors (Lipinski definition) is 2. The standard InChI is InChI=1S/C15H22N4O2/c1-2-21-14(20)12-8-10-19(11-9-12)15(16)18-17-13-6-4-3-5-7-13/h3-7,12,17H,2,8-11H2,1H3,(H2,16,18). The summed E-state index contributed by atoms with van der Waals surface area (Å²) in [5, 5.41) is 4.18. The Labute approximate surface area is 125 Å². The molecule has 1 aromatic rings. The van der Waals surface area contributed by atoms with Crippen LogP contribution in [0.4, 0.5) is 5.69 Å². The van der Waals surface area contributed by atoms with Gasteiger partial charge in [-0.25, -0.2) is 0 Å². The van der Waals surface area contributed by atoms with E-state index in [2.05, 4.69) is 10.5 Å². The minimum absolute atomic E-state index is 0.0175. The SMILES string of the molecule is CCOC(=O)C1CCN(/C(N)=N/Nc2ccccc2)CC1. The van der Waals surface area contributed by atoms with Crippen molar-refractivity contribution >= 4 is 17.6 Å². The molecule has 3 N–H and O–H groups in total. The number of likely N-dealkylation sites (tertiary alicyclic amines) is 1. The van der Waals surface area contributed by atoms with E-state index in [1.165, 1.54) is 0 Å². The topological polar surface area (TPSA) is 80.0 Å². The van der Waals surface area contributed by atoms with Gasteiger partial charge in [0.05, 0.1) is 18.2 Å². The van der Waals surface area contributed by atoms with Crippen LogP contribution in [-0.2, 0) is 9.53 Å². The van der Waals surface area contributed by atoms with Gasteiger partial charge in [-0.1, -0.05) is 18.2 Å². The summed E-state index contributed by atoms with van der Waals surface area (Å²) in [4.78, 5) is 13.6. The summed E-state index contributed by atoms with van der Waals surface area (Å²) >= 11 is 0. The maximum atomic E-state index is 11.7. The van der Waals surface area contributed by atoms with Gasteiger partial charge in [-0.15, -0.1) is 5.10 Å². The maximum Gasteiger partial charge on any atom is 0.309 e. The molecular weight excluding hydrogens is 268 g/mol. The molecule has 2 rings (SSSR count). The molecule has 6 nitrogen and oxygen atoms in total. The Morgan fingerprint density at radius 3 is 2.67 bits per heavy atom. The van der Waals surface area contributed by atoms with Crippen molar-refractivity contribution in [1.29, 1.82) is 0 Å². The normalized spacial score (nSPS) is 16.6. The fraction of sp³-hybridized carbons (Fsp3) is 0.467. The van der Waals surface area contributed by atoms with E-state index in [0.29, 0.717) is 12.6 Å². The molecule has 0 radical (unpaired) electrons. The average molecular weight is 290 g/mol. The number of anilines is 1. The second-order valence-corrected chi connectivity index (χ2v) is 4.96. The van der Waals surface area contributed by atoms with Gasteiger partial charge in [-0.2, -0.15) is 0 Å². The molecule has 0 atom stereocenters. The minimum Gasteiger partial charge on any atom is -0.466 e. The molecule has 0 aliphatic carbocycles. The molecule has 0 spiro atoms. The first-order chi connectivity index (χ1) is 10.2. The van der Waals surface area contributed by atoms with Crippen LogP contribution in [0.15, 0.2) is 35.4 Å². The Morgan fingerprint density at radius 1 is 1.38 bits per heavy atom. The lowest BCUT2D eigenvalue weighted by molar-refractivity contribution is -0.149. The van der Waals surface area contributed by atoms with Crippen LogP contribution in [0.1, 0.15) is 19.8 Å². The van der Waals surface area contributed by atoms with Gasteiger partial charge in [-0.05, 0) is 31.9 Å². The number of para-hydroxylation sites is 1. The lowest BCUT2D eigenvalue weighted by atomic mass is 9.97. The summed E-state index contributed by atoms with van der Waals surface area (Å²) in [7, 11) is 0. The number of nitrogens with two attached hydrogens (primary N) is 1. The molecule has 1 aliphatic rings. The fourth-order valence-corrected chi connectivity index (χ4v) is 2.31. The number of ether oxygens (including phenoxy) is 1. The number of guanidine groups is 1. The van der Waals surface area contributed by atoms with Crippen LogP contribution in [-0.4, -0.2) is 36.5 Å². The largest absolute Gasteiger partial charge is 0.466 e. The smallest absolute Gasteiger partial charge is 0.309 e. The zero-order valence-corrected chi connectivity index (χ0v) is 12.3. The van der Waals surface area contributed by atoms with E-state index >= 15 is 0 Å². The van der Waals surface area contributed by atoms with E-state index < -0.39 is 0 Å². The van der Waals surface area contributed by atoms with E-state index in [0.717, 1.165) is 31.6 Å². The van der Waals surface area contributed by atoms with E-state index in [4.69, 9.17) is 10.5 Å². The van der Waals surface area contributed by atoms with Gasteiger partial charge < -0.3 is 15.4 Å². The van der Waals surface area contributed by atoms with Gasteiger partial charge >= 0.3 is 5.97 Å². The lowest BCUT2D eigenvalue weighted by Gasteiger charge is -2.31. The van der Waals surface area contributed by atoms with Gasteiger partial charge in [-0.3, -0.25) is 10.2 Å². The quantitative estimate of drug-likeness (QED) is 0.381. The summed E-state index contributed by atoms with van der Waals surface area (Å²) in [6, 6.07) is 9.64. The first-order valence-corrected chi connectivity index (χ1v) is 7.26. The monoisotopic (exact) mass is 290 g/mol. The van der Waals surface area contributed by atoms with Crippen LogP contribution in [0.2, 0.25) is 0 Å². The van der Waals surface area contributed by atoms with Crippen LogP contribution < -0.4 is 11.2 Å². The van der Waals surface area contributed by atoms with Crippen molar-refractivity contribution in [2.24, 2.45) is 16.8 Å². The zero-order valence-electron chi connectivity index (χ0n) is 12.3. The molecule has 0 saturated carbocycles. The molecule has 0 aromatic heterocycles. The van der Waals surface area contributed by atoms with Gasteiger partial charge in [0.25, 0.3) is 0 Å². The molecular formula is C15H22N4O2. The summed E-state index contributed by atoms with van der Waals surface area (Å²) in [6.45, 7) is 3.70. The molecule has 1 heterocycles. The van der Waals surface area contributed by atoms with E-state index in [9.17, 15) is 4.79 Å². The average Bonchev–Trinajstić information content (AvgIpc) is 2.54. The van der Waals surface area contributed by atoms with Gasteiger partial charge in [0.2, 0.25) is 5.96 Å². The number of piperidine rings is 1. The molecule has 21 heavy (non-hydrogen) atoms. The molecule has 0 bridgehead atoms. The van der Waals surface area contributed by atoms with Crippen LogP contribution >= 0.6 is 0 Å². The van der Waals surface area contributed by atoms with Gasteiger partial charge in [0, 0.05) is 13.1 Å². The molecule has 0 unspecified atom stereocenters. The molecule has 1 saturated heterocycles. The Morgan fingerprint density at radius 2 is 2.05 bits per heavy atom. The van der Waals surface area contributed by atoms with Crippen molar-refractivity contribution in [3.63, 3.8) is 0 Å². The second kappa shape index (κ2) is 7.52.